The van der Waals surface area contributed by atoms with Crippen molar-refractivity contribution in [2.24, 2.45) is 0 Å². The second kappa shape index (κ2) is 7.31. The van der Waals surface area contributed by atoms with E-state index in [1.807, 2.05) is 0 Å². The molecule has 0 saturated heterocycles. The van der Waals surface area contributed by atoms with Crippen LogP contribution in [0.4, 0.5) is 4.39 Å². The standard InChI is InChI=1S/C15H17ClFN3/c1-2-6-19-13(14-10-18-7-8-20-14)9-11-4-3-5-12(16)15(11)17/h3-5,7-8,10,13,19H,2,6,9H2,1H3. The van der Waals surface area contributed by atoms with Crippen molar-refractivity contribution in [1.82, 2.24) is 15.3 Å². The maximum atomic E-state index is 14.0. The largest absolute Gasteiger partial charge is 0.308 e. The molecule has 0 fully saturated rings. The van der Waals surface area contributed by atoms with Gasteiger partial charge in [0.2, 0.25) is 0 Å². The zero-order valence-corrected chi connectivity index (χ0v) is 12.1. The van der Waals surface area contributed by atoms with Crippen molar-refractivity contribution >= 4 is 11.6 Å². The van der Waals surface area contributed by atoms with Gasteiger partial charge >= 0.3 is 0 Å². The number of aromatic nitrogens is 2. The van der Waals surface area contributed by atoms with Crippen LogP contribution in [0.25, 0.3) is 0 Å². The van der Waals surface area contributed by atoms with Crippen molar-refractivity contribution in [2.75, 3.05) is 6.54 Å². The van der Waals surface area contributed by atoms with Crippen LogP contribution >= 0.6 is 11.6 Å². The third kappa shape index (κ3) is 3.74. The van der Waals surface area contributed by atoms with E-state index in [2.05, 4.69) is 22.2 Å². The van der Waals surface area contributed by atoms with Crippen LogP contribution in [0.15, 0.2) is 36.8 Å². The molecule has 0 radical (unpaired) electrons. The summed E-state index contributed by atoms with van der Waals surface area (Å²) in [6, 6.07) is 4.99. The van der Waals surface area contributed by atoms with Gasteiger partial charge in [-0.2, -0.15) is 0 Å². The Bertz CT molecular complexity index is 548. The SMILES string of the molecule is CCCNC(Cc1cccc(Cl)c1F)c1cnccn1. The van der Waals surface area contributed by atoms with E-state index in [4.69, 9.17) is 11.6 Å². The first-order chi connectivity index (χ1) is 9.72. The maximum Gasteiger partial charge on any atom is 0.145 e. The van der Waals surface area contributed by atoms with Crippen molar-refractivity contribution in [3.63, 3.8) is 0 Å². The fourth-order valence-electron chi connectivity index (χ4n) is 2.02. The van der Waals surface area contributed by atoms with Gasteiger partial charge in [-0.1, -0.05) is 30.7 Å². The number of hydrogen-bond donors (Lipinski definition) is 1. The van der Waals surface area contributed by atoms with Crippen LogP contribution in [0.2, 0.25) is 5.02 Å². The van der Waals surface area contributed by atoms with E-state index in [9.17, 15) is 4.39 Å². The lowest BCUT2D eigenvalue weighted by atomic mass is 10.0. The van der Waals surface area contributed by atoms with Crippen molar-refractivity contribution in [3.8, 4) is 0 Å². The first-order valence-corrected chi connectivity index (χ1v) is 7.02. The molecule has 1 unspecified atom stereocenters. The summed E-state index contributed by atoms with van der Waals surface area (Å²) < 4.78 is 14.0. The number of rotatable bonds is 6. The highest BCUT2D eigenvalue weighted by molar-refractivity contribution is 6.30. The third-order valence-corrected chi connectivity index (χ3v) is 3.33. The topological polar surface area (TPSA) is 37.8 Å². The summed E-state index contributed by atoms with van der Waals surface area (Å²) in [5.74, 6) is -0.360. The Balaban J connectivity index is 2.21. The normalized spacial score (nSPS) is 12.3. The van der Waals surface area contributed by atoms with Crippen LogP contribution in [-0.4, -0.2) is 16.5 Å². The predicted molar refractivity (Wildman–Crippen MR) is 78.2 cm³/mol. The molecule has 2 rings (SSSR count). The summed E-state index contributed by atoms with van der Waals surface area (Å²) >= 11 is 5.82. The Morgan fingerprint density at radius 1 is 1.35 bits per heavy atom. The smallest absolute Gasteiger partial charge is 0.145 e. The molecule has 0 aliphatic rings. The highest BCUT2D eigenvalue weighted by atomic mass is 35.5. The molecule has 1 N–H and O–H groups in total. The van der Waals surface area contributed by atoms with E-state index in [0.29, 0.717) is 12.0 Å². The van der Waals surface area contributed by atoms with Gasteiger partial charge in [-0.3, -0.25) is 9.97 Å². The van der Waals surface area contributed by atoms with Crippen molar-refractivity contribution in [1.29, 1.82) is 0 Å². The van der Waals surface area contributed by atoms with Gasteiger partial charge in [0.1, 0.15) is 5.82 Å². The molecule has 0 aliphatic heterocycles. The Kier molecular flexibility index (Phi) is 5.44. The van der Waals surface area contributed by atoms with Crippen molar-refractivity contribution in [3.05, 3.63) is 58.9 Å². The van der Waals surface area contributed by atoms with E-state index in [1.54, 1.807) is 36.8 Å². The minimum absolute atomic E-state index is 0.0726. The van der Waals surface area contributed by atoms with Gasteiger partial charge < -0.3 is 5.32 Å². The summed E-state index contributed by atoms with van der Waals surface area (Å²) in [5.41, 5.74) is 1.39. The second-order valence-corrected chi connectivity index (χ2v) is 4.96. The summed E-state index contributed by atoms with van der Waals surface area (Å²) in [7, 11) is 0. The van der Waals surface area contributed by atoms with Gasteiger partial charge in [0.05, 0.1) is 16.8 Å². The molecule has 2 aromatic rings. The Morgan fingerprint density at radius 2 is 2.20 bits per heavy atom. The summed E-state index contributed by atoms with van der Waals surface area (Å²) in [4.78, 5) is 8.37. The van der Waals surface area contributed by atoms with E-state index in [0.717, 1.165) is 18.7 Å². The molecule has 1 atom stereocenters. The number of halogens is 2. The monoisotopic (exact) mass is 293 g/mol. The number of nitrogens with zero attached hydrogens (tertiary/aromatic N) is 2. The molecule has 106 valence electrons. The minimum Gasteiger partial charge on any atom is -0.308 e. The molecular formula is C15H17ClFN3. The molecule has 0 amide bonds. The molecule has 1 heterocycles. The highest BCUT2D eigenvalue weighted by Crippen LogP contribution is 2.23. The van der Waals surface area contributed by atoms with Crippen LogP contribution in [0.1, 0.15) is 30.6 Å². The van der Waals surface area contributed by atoms with Crippen LogP contribution < -0.4 is 5.32 Å². The predicted octanol–water partition coefficient (Wildman–Crippen LogP) is 3.55. The molecule has 0 spiro atoms. The minimum atomic E-state index is -0.360. The summed E-state index contributed by atoms with van der Waals surface area (Å²) in [6.45, 7) is 2.92. The molecule has 0 saturated carbocycles. The maximum absolute atomic E-state index is 14.0. The summed E-state index contributed by atoms with van der Waals surface area (Å²) in [5, 5.41) is 3.52. The van der Waals surface area contributed by atoms with E-state index in [1.165, 1.54) is 0 Å². The van der Waals surface area contributed by atoms with Gasteiger partial charge in [-0.05, 0) is 31.0 Å². The van der Waals surface area contributed by atoms with Crippen LogP contribution in [0.5, 0.6) is 0 Å². The molecule has 3 nitrogen and oxygen atoms in total. The van der Waals surface area contributed by atoms with Gasteiger partial charge in [0.15, 0.2) is 0 Å². The Labute approximate surface area is 123 Å². The lowest BCUT2D eigenvalue weighted by molar-refractivity contribution is 0.502. The second-order valence-electron chi connectivity index (χ2n) is 4.55. The van der Waals surface area contributed by atoms with E-state index in [-0.39, 0.29) is 16.9 Å². The van der Waals surface area contributed by atoms with E-state index >= 15 is 0 Å². The number of nitrogens with one attached hydrogen (secondary N) is 1. The fourth-order valence-corrected chi connectivity index (χ4v) is 2.21. The first kappa shape index (κ1) is 14.9. The molecular weight excluding hydrogens is 277 g/mol. The molecule has 0 aliphatic carbocycles. The average molecular weight is 294 g/mol. The molecule has 1 aromatic carbocycles. The molecule has 1 aromatic heterocycles. The van der Waals surface area contributed by atoms with Crippen LogP contribution in [0, 0.1) is 5.82 Å². The highest BCUT2D eigenvalue weighted by Gasteiger charge is 2.16. The molecule has 5 heteroatoms. The van der Waals surface area contributed by atoms with Gasteiger partial charge in [-0.15, -0.1) is 0 Å². The van der Waals surface area contributed by atoms with Gasteiger partial charge in [-0.25, -0.2) is 4.39 Å². The fraction of sp³-hybridized carbons (Fsp3) is 0.333. The quantitative estimate of drug-likeness (QED) is 0.885. The van der Waals surface area contributed by atoms with Gasteiger partial charge in [0, 0.05) is 18.6 Å². The zero-order chi connectivity index (χ0) is 14.4. The van der Waals surface area contributed by atoms with E-state index < -0.39 is 0 Å². The van der Waals surface area contributed by atoms with Gasteiger partial charge in [0.25, 0.3) is 0 Å². The Morgan fingerprint density at radius 3 is 2.90 bits per heavy atom. The van der Waals surface area contributed by atoms with Crippen molar-refractivity contribution in [2.45, 2.75) is 25.8 Å². The van der Waals surface area contributed by atoms with Crippen LogP contribution in [0.3, 0.4) is 0 Å². The lowest BCUT2D eigenvalue weighted by Gasteiger charge is -2.18. The molecule has 20 heavy (non-hydrogen) atoms. The van der Waals surface area contributed by atoms with Crippen LogP contribution in [-0.2, 0) is 6.42 Å². The first-order valence-electron chi connectivity index (χ1n) is 6.64. The van der Waals surface area contributed by atoms with Crippen molar-refractivity contribution < 1.29 is 4.39 Å². The summed E-state index contributed by atoms with van der Waals surface area (Å²) in [6.07, 6.45) is 6.46. The number of benzene rings is 1. The number of hydrogen-bond acceptors (Lipinski definition) is 3. The average Bonchev–Trinajstić information content (AvgIpc) is 2.48. The zero-order valence-electron chi connectivity index (χ0n) is 11.3. The Hall–Kier alpha value is -1.52. The molecule has 0 bridgehead atoms. The third-order valence-electron chi connectivity index (χ3n) is 3.04. The lowest BCUT2D eigenvalue weighted by Crippen LogP contribution is -2.25.